The van der Waals surface area contributed by atoms with Gasteiger partial charge in [-0.1, -0.05) is 0 Å². The van der Waals surface area contributed by atoms with Gasteiger partial charge in [0.15, 0.2) is 61.7 Å². The molecule has 11 unspecified atom stereocenters. The van der Waals surface area contributed by atoms with Crippen LogP contribution in [0.4, 0.5) is 57.1 Å². The van der Waals surface area contributed by atoms with Crippen molar-refractivity contribution in [2.45, 2.75) is 101 Å². The molecule has 4 nitrogen and oxygen atoms in total. The molecule has 0 aliphatic carbocycles. The van der Waals surface area contributed by atoms with Crippen LogP contribution in [0, 0.1) is 0 Å². The minimum atomic E-state index is -6.23. The minimum absolute atomic E-state index is 1.28. The molecule has 38 heavy (non-hydrogen) atoms. The second-order valence-electron chi connectivity index (χ2n) is 8.23. The smallest absolute Gasteiger partial charge is 0.272 e. The summed E-state index contributed by atoms with van der Waals surface area (Å²) in [6.07, 6.45) is -46.3. The summed E-state index contributed by atoms with van der Waals surface area (Å²) in [6.45, 7) is 14.2. The van der Waals surface area contributed by atoms with Gasteiger partial charge in [0.25, 0.3) is 6.43 Å². The molecule has 0 saturated carbocycles. The van der Waals surface area contributed by atoms with Gasteiger partial charge in [-0.25, -0.2) is 65.5 Å². The fourth-order valence-corrected chi connectivity index (χ4v) is 3.66. The molecule has 11 atom stereocenters. The summed E-state index contributed by atoms with van der Waals surface area (Å²) in [5.74, 6) is 0. The normalized spacial score (nSPS) is 21.7. The van der Waals surface area contributed by atoms with Crippen LogP contribution in [0.2, 0.25) is 0 Å². The van der Waals surface area contributed by atoms with Crippen molar-refractivity contribution in [3.63, 3.8) is 0 Å². The van der Waals surface area contributed by atoms with E-state index in [1.54, 1.807) is 0 Å². The SMILES string of the molecule is CC[N+](CC)(CC)CC.O=S(=O)([O-])C(F)C(F)C(F)C(F)C(F)C(F)C(F)C(F)C(F)C(F)C(F)C(F)F. The van der Waals surface area contributed by atoms with Crippen molar-refractivity contribution in [3.05, 3.63) is 0 Å². The number of halogens is 13. The maximum atomic E-state index is 13.4. The van der Waals surface area contributed by atoms with Gasteiger partial charge in [-0.3, -0.25) is 0 Å². The van der Waals surface area contributed by atoms with E-state index < -0.39 is 83.8 Å². The average molecular weight is 614 g/mol. The Morgan fingerprint density at radius 3 is 0.842 bits per heavy atom. The molecule has 0 aromatic carbocycles. The van der Waals surface area contributed by atoms with Crippen molar-refractivity contribution >= 4 is 10.1 Å². The molecule has 0 spiro atoms. The molecular weight excluding hydrogens is 581 g/mol. The Morgan fingerprint density at radius 2 is 0.684 bits per heavy atom. The highest BCUT2D eigenvalue weighted by Gasteiger charge is 2.51. The average Bonchev–Trinajstić information content (AvgIpc) is 2.89. The van der Waals surface area contributed by atoms with Crippen LogP contribution in [-0.4, -0.2) is 117 Å². The number of hydrogen-bond acceptors (Lipinski definition) is 3. The van der Waals surface area contributed by atoms with Crippen LogP contribution in [0.15, 0.2) is 0 Å². The lowest BCUT2D eigenvalue weighted by Gasteiger charge is -2.34. The van der Waals surface area contributed by atoms with E-state index in [1.165, 1.54) is 30.7 Å². The number of alkyl halides is 13. The first kappa shape index (κ1) is 39.1. The predicted molar refractivity (Wildman–Crippen MR) is 112 cm³/mol. The van der Waals surface area contributed by atoms with Gasteiger partial charge >= 0.3 is 0 Å². The van der Waals surface area contributed by atoms with E-state index in [0.29, 0.717) is 0 Å². The van der Waals surface area contributed by atoms with Gasteiger partial charge in [-0.2, -0.15) is 0 Å². The Hall–Kier alpha value is -1.04. The molecule has 0 aliphatic rings. The second kappa shape index (κ2) is 16.9. The topological polar surface area (TPSA) is 57.2 Å². The summed E-state index contributed by atoms with van der Waals surface area (Å²) in [4.78, 5) is 0. The first-order valence-corrected chi connectivity index (χ1v) is 12.8. The summed E-state index contributed by atoms with van der Waals surface area (Å²) in [6, 6.07) is 0. The first-order chi connectivity index (χ1) is 17.2. The monoisotopic (exact) mass is 613 g/mol. The van der Waals surface area contributed by atoms with Gasteiger partial charge in [0.05, 0.1) is 26.2 Å². The highest BCUT2D eigenvalue weighted by atomic mass is 32.2. The molecule has 0 rings (SSSR count). The van der Waals surface area contributed by atoms with Crippen molar-refractivity contribution in [1.82, 2.24) is 0 Å². The van der Waals surface area contributed by atoms with Gasteiger partial charge in [-0.15, -0.1) is 0 Å². The zero-order valence-corrected chi connectivity index (χ0v) is 21.6. The molecule has 0 bridgehead atoms. The standard InChI is InChI=1S/C12H13F13O3S.C8H20N/c13-1(3(15)5(17)7(19)9(21)11(23)24)2(14)4(16)6(18)8(20)10(22)12(25)29(26,27)28;1-5-9(6-2,7-3)8-4/h1-12H,(H,26,27,28);5-8H2,1-4H3/q;+1/p-1. The molecule has 0 heterocycles. The van der Waals surface area contributed by atoms with Gasteiger partial charge in [0, 0.05) is 0 Å². The molecule has 0 amide bonds. The number of rotatable bonds is 16. The lowest BCUT2D eigenvalue weighted by atomic mass is 9.96. The third-order valence-corrected chi connectivity index (χ3v) is 7.00. The molecule has 0 fully saturated rings. The van der Waals surface area contributed by atoms with Crippen molar-refractivity contribution in [3.8, 4) is 0 Å². The second-order valence-corrected chi connectivity index (χ2v) is 9.67. The van der Waals surface area contributed by atoms with Crippen LogP contribution in [-0.2, 0) is 10.1 Å². The van der Waals surface area contributed by atoms with Crippen molar-refractivity contribution in [2.24, 2.45) is 0 Å². The predicted octanol–water partition coefficient (Wildman–Crippen LogP) is 5.36. The zero-order valence-electron chi connectivity index (χ0n) is 20.8. The third kappa shape index (κ3) is 10.8. The van der Waals surface area contributed by atoms with E-state index in [0.717, 1.165) is 0 Å². The molecular formula is C20H32F13NO3S. The Labute approximate surface area is 212 Å². The third-order valence-electron chi connectivity index (χ3n) is 6.19. The van der Waals surface area contributed by atoms with Gasteiger partial charge in [-0.05, 0) is 27.7 Å². The quantitative estimate of drug-likeness (QED) is 0.134. The highest BCUT2D eigenvalue weighted by Crippen LogP contribution is 2.31. The molecule has 232 valence electrons. The Balaban J connectivity index is 0. The minimum Gasteiger partial charge on any atom is -0.746 e. The summed E-state index contributed by atoms with van der Waals surface area (Å²) in [7, 11) is -6.23. The summed E-state index contributed by atoms with van der Waals surface area (Å²) in [5, 5.41) is 0. The zero-order chi connectivity index (χ0) is 30.8. The molecule has 0 aromatic rings. The molecule has 0 aromatic heterocycles. The van der Waals surface area contributed by atoms with Crippen LogP contribution in [0.5, 0.6) is 0 Å². The van der Waals surface area contributed by atoms with Crippen LogP contribution >= 0.6 is 0 Å². The van der Waals surface area contributed by atoms with Gasteiger partial charge < -0.3 is 9.04 Å². The number of nitrogens with zero attached hydrogens (tertiary/aromatic N) is 1. The number of hydrogen-bond donors (Lipinski definition) is 0. The fourth-order valence-electron chi connectivity index (χ4n) is 3.19. The maximum Gasteiger partial charge on any atom is 0.272 e. The van der Waals surface area contributed by atoms with E-state index in [1.807, 2.05) is 0 Å². The van der Waals surface area contributed by atoms with Crippen molar-refractivity contribution in [1.29, 1.82) is 0 Å². The first-order valence-electron chi connectivity index (χ1n) is 11.3. The van der Waals surface area contributed by atoms with Crippen molar-refractivity contribution in [2.75, 3.05) is 26.2 Å². The van der Waals surface area contributed by atoms with Crippen LogP contribution < -0.4 is 0 Å². The molecule has 18 heteroatoms. The Kier molecular flexibility index (Phi) is 17.4. The lowest BCUT2D eigenvalue weighted by molar-refractivity contribution is -0.921. The van der Waals surface area contributed by atoms with E-state index in [4.69, 9.17) is 0 Å². The van der Waals surface area contributed by atoms with Crippen LogP contribution in [0.25, 0.3) is 0 Å². The fraction of sp³-hybridized carbons (Fsp3) is 1.00. The molecule has 0 N–H and O–H groups in total. The van der Waals surface area contributed by atoms with Crippen LogP contribution in [0.1, 0.15) is 27.7 Å². The Bertz CT molecular complexity index is 732. The van der Waals surface area contributed by atoms with E-state index in [2.05, 4.69) is 27.7 Å². The summed E-state index contributed by atoms with van der Waals surface area (Å²) < 4.78 is 200. The van der Waals surface area contributed by atoms with Gasteiger partial charge in [0.2, 0.25) is 5.50 Å². The molecule has 0 radical (unpaired) electrons. The highest BCUT2D eigenvalue weighted by molar-refractivity contribution is 7.86. The van der Waals surface area contributed by atoms with E-state index in [9.17, 15) is 70.0 Å². The maximum absolute atomic E-state index is 13.4. The van der Waals surface area contributed by atoms with Gasteiger partial charge in [0.1, 0.15) is 10.1 Å². The largest absolute Gasteiger partial charge is 0.746 e. The molecule has 0 aliphatic heterocycles. The van der Waals surface area contributed by atoms with E-state index >= 15 is 0 Å². The Morgan fingerprint density at radius 1 is 0.474 bits per heavy atom. The lowest BCUT2D eigenvalue weighted by Crippen LogP contribution is -2.50. The molecule has 0 saturated heterocycles. The van der Waals surface area contributed by atoms with Crippen LogP contribution in [0.3, 0.4) is 0 Å². The summed E-state index contributed by atoms with van der Waals surface area (Å²) >= 11 is 0. The van der Waals surface area contributed by atoms with Crippen molar-refractivity contribution < 1.29 is 74.5 Å². The number of quaternary nitrogens is 1. The summed E-state index contributed by atoms with van der Waals surface area (Å²) in [5.41, 5.74) is -4.30. The van der Waals surface area contributed by atoms with E-state index in [-0.39, 0.29) is 0 Å².